The average molecular weight is 316 g/mol. The second kappa shape index (κ2) is 7.04. The first-order valence-corrected chi connectivity index (χ1v) is 8.24. The maximum Gasteiger partial charge on any atom is 0.161 e. The number of aromatic hydroxyl groups is 1. The molecule has 1 aliphatic rings. The van der Waals surface area contributed by atoms with Crippen molar-refractivity contribution < 1.29 is 14.6 Å². The number of rotatable bonds is 5. The summed E-state index contributed by atoms with van der Waals surface area (Å²) in [5.74, 6) is 1.59. The van der Waals surface area contributed by atoms with E-state index >= 15 is 0 Å². The highest BCUT2D eigenvalue weighted by molar-refractivity contribution is 5.61. The Labute approximate surface area is 136 Å². The van der Waals surface area contributed by atoms with E-state index in [2.05, 4.69) is 9.55 Å². The lowest BCUT2D eigenvalue weighted by Gasteiger charge is -2.29. The standard InChI is InChI=1S/C18H24N2O3/c1-3-23-17-12-13(4-9-16(17)21)18-19-10-11-20(18)14-5-7-15(22-2)8-6-14/h4,9-12,14-15,21H,3,5-8H2,1-2H3. The molecule has 1 heterocycles. The van der Waals surface area contributed by atoms with Gasteiger partial charge in [-0.2, -0.15) is 0 Å². The van der Waals surface area contributed by atoms with Gasteiger partial charge in [0.15, 0.2) is 11.5 Å². The number of benzene rings is 1. The van der Waals surface area contributed by atoms with Crippen molar-refractivity contribution in [2.45, 2.75) is 44.8 Å². The molecule has 1 aliphatic carbocycles. The van der Waals surface area contributed by atoms with Crippen molar-refractivity contribution in [3.63, 3.8) is 0 Å². The third-order valence-corrected chi connectivity index (χ3v) is 4.56. The minimum absolute atomic E-state index is 0.161. The van der Waals surface area contributed by atoms with Crippen molar-refractivity contribution in [2.24, 2.45) is 0 Å². The summed E-state index contributed by atoms with van der Waals surface area (Å²) in [7, 11) is 1.79. The van der Waals surface area contributed by atoms with Crippen molar-refractivity contribution in [2.75, 3.05) is 13.7 Å². The van der Waals surface area contributed by atoms with Gasteiger partial charge in [-0.25, -0.2) is 4.98 Å². The Kier molecular flexibility index (Phi) is 4.86. The molecule has 0 unspecified atom stereocenters. The van der Waals surface area contributed by atoms with E-state index < -0.39 is 0 Å². The van der Waals surface area contributed by atoms with Crippen LogP contribution in [0.1, 0.15) is 38.6 Å². The summed E-state index contributed by atoms with van der Waals surface area (Å²) in [4.78, 5) is 4.53. The molecule has 0 aliphatic heterocycles. The Bertz CT molecular complexity index is 645. The number of nitrogens with zero attached hydrogens (tertiary/aromatic N) is 2. The number of hydrogen-bond acceptors (Lipinski definition) is 4. The van der Waals surface area contributed by atoms with Gasteiger partial charge in [-0.3, -0.25) is 0 Å². The molecule has 1 aromatic heterocycles. The van der Waals surface area contributed by atoms with E-state index in [9.17, 15) is 5.11 Å². The van der Waals surface area contributed by atoms with Gasteiger partial charge >= 0.3 is 0 Å². The van der Waals surface area contributed by atoms with Crippen LogP contribution in [0.15, 0.2) is 30.6 Å². The molecule has 2 aromatic rings. The summed E-state index contributed by atoms with van der Waals surface area (Å²) in [6.07, 6.45) is 8.62. The average Bonchev–Trinajstić information content (AvgIpc) is 3.07. The first-order valence-electron chi connectivity index (χ1n) is 8.24. The fraction of sp³-hybridized carbons (Fsp3) is 0.500. The maximum atomic E-state index is 9.87. The Hall–Kier alpha value is -2.01. The largest absolute Gasteiger partial charge is 0.504 e. The number of hydrogen-bond donors (Lipinski definition) is 1. The lowest BCUT2D eigenvalue weighted by atomic mass is 9.92. The Morgan fingerprint density at radius 1 is 1.26 bits per heavy atom. The van der Waals surface area contributed by atoms with Gasteiger partial charge in [-0.05, 0) is 50.8 Å². The van der Waals surface area contributed by atoms with Gasteiger partial charge < -0.3 is 19.1 Å². The molecular formula is C18H24N2O3. The molecule has 124 valence electrons. The van der Waals surface area contributed by atoms with Crippen molar-refractivity contribution >= 4 is 0 Å². The Morgan fingerprint density at radius 2 is 2.04 bits per heavy atom. The number of phenolic OH excluding ortho intramolecular Hbond substituents is 1. The van der Waals surface area contributed by atoms with Crippen LogP contribution in [0.4, 0.5) is 0 Å². The third-order valence-electron chi connectivity index (χ3n) is 4.56. The molecule has 5 nitrogen and oxygen atoms in total. The molecule has 0 amide bonds. The van der Waals surface area contributed by atoms with Crippen molar-refractivity contribution in [1.82, 2.24) is 9.55 Å². The van der Waals surface area contributed by atoms with E-state index in [0.29, 0.717) is 24.5 Å². The van der Waals surface area contributed by atoms with Crippen LogP contribution in [0, 0.1) is 0 Å². The maximum absolute atomic E-state index is 9.87. The number of methoxy groups -OCH3 is 1. The molecule has 1 saturated carbocycles. The molecule has 1 fully saturated rings. The lowest BCUT2D eigenvalue weighted by molar-refractivity contribution is 0.0586. The minimum Gasteiger partial charge on any atom is -0.504 e. The van der Waals surface area contributed by atoms with Crippen molar-refractivity contribution in [3.8, 4) is 22.9 Å². The summed E-state index contributed by atoms with van der Waals surface area (Å²) >= 11 is 0. The Balaban J connectivity index is 1.85. The van der Waals surface area contributed by atoms with Gasteiger partial charge in [0, 0.05) is 31.1 Å². The smallest absolute Gasteiger partial charge is 0.161 e. The van der Waals surface area contributed by atoms with Crippen LogP contribution in [-0.2, 0) is 4.74 Å². The van der Waals surface area contributed by atoms with Gasteiger partial charge in [0.2, 0.25) is 0 Å². The quantitative estimate of drug-likeness (QED) is 0.912. The van der Waals surface area contributed by atoms with Crippen LogP contribution in [-0.4, -0.2) is 34.5 Å². The molecule has 0 spiro atoms. The molecule has 0 atom stereocenters. The van der Waals surface area contributed by atoms with E-state index in [1.165, 1.54) is 0 Å². The monoisotopic (exact) mass is 316 g/mol. The van der Waals surface area contributed by atoms with E-state index in [4.69, 9.17) is 9.47 Å². The van der Waals surface area contributed by atoms with E-state index in [-0.39, 0.29) is 5.75 Å². The zero-order chi connectivity index (χ0) is 16.2. The molecular weight excluding hydrogens is 292 g/mol. The highest BCUT2D eigenvalue weighted by atomic mass is 16.5. The summed E-state index contributed by atoms with van der Waals surface area (Å²) in [6.45, 7) is 2.42. The predicted octanol–water partition coefficient (Wildman–Crippen LogP) is 3.78. The number of phenols is 1. The van der Waals surface area contributed by atoms with E-state index in [1.54, 1.807) is 13.2 Å². The normalized spacial score (nSPS) is 21.3. The van der Waals surface area contributed by atoms with Crippen LogP contribution in [0.25, 0.3) is 11.4 Å². The third kappa shape index (κ3) is 3.34. The van der Waals surface area contributed by atoms with Crippen LogP contribution in [0.2, 0.25) is 0 Å². The fourth-order valence-corrected chi connectivity index (χ4v) is 3.31. The molecule has 1 N–H and O–H groups in total. The highest BCUT2D eigenvalue weighted by Gasteiger charge is 2.24. The first-order chi connectivity index (χ1) is 11.2. The SMILES string of the molecule is CCOc1cc(-c2nccn2C2CCC(OC)CC2)ccc1O. The van der Waals surface area contributed by atoms with E-state index in [1.807, 2.05) is 31.5 Å². The minimum atomic E-state index is 0.161. The second-order valence-corrected chi connectivity index (χ2v) is 5.94. The molecule has 0 radical (unpaired) electrons. The van der Waals surface area contributed by atoms with Gasteiger partial charge in [0.25, 0.3) is 0 Å². The fourth-order valence-electron chi connectivity index (χ4n) is 3.31. The van der Waals surface area contributed by atoms with Crippen molar-refractivity contribution in [3.05, 3.63) is 30.6 Å². The number of aromatic nitrogens is 2. The highest BCUT2D eigenvalue weighted by Crippen LogP contribution is 2.35. The Morgan fingerprint density at radius 3 is 2.74 bits per heavy atom. The zero-order valence-electron chi connectivity index (χ0n) is 13.7. The van der Waals surface area contributed by atoms with Gasteiger partial charge in [-0.15, -0.1) is 0 Å². The molecule has 23 heavy (non-hydrogen) atoms. The molecule has 0 bridgehead atoms. The summed E-state index contributed by atoms with van der Waals surface area (Å²) in [5.41, 5.74) is 0.963. The van der Waals surface area contributed by atoms with Crippen LogP contribution in [0.5, 0.6) is 11.5 Å². The molecule has 1 aromatic carbocycles. The van der Waals surface area contributed by atoms with Gasteiger partial charge in [0.05, 0.1) is 12.7 Å². The summed E-state index contributed by atoms with van der Waals surface area (Å²) in [5, 5.41) is 9.87. The second-order valence-electron chi connectivity index (χ2n) is 5.94. The first kappa shape index (κ1) is 15.9. The van der Waals surface area contributed by atoms with Crippen molar-refractivity contribution in [1.29, 1.82) is 0 Å². The summed E-state index contributed by atoms with van der Waals surface area (Å²) < 4.78 is 13.2. The number of imidazole rings is 1. The topological polar surface area (TPSA) is 56.5 Å². The lowest BCUT2D eigenvalue weighted by Crippen LogP contribution is -2.22. The van der Waals surface area contributed by atoms with E-state index in [0.717, 1.165) is 37.1 Å². The van der Waals surface area contributed by atoms with Gasteiger partial charge in [0.1, 0.15) is 5.82 Å². The number of ether oxygens (including phenoxy) is 2. The van der Waals surface area contributed by atoms with Crippen LogP contribution < -0.4 is 4.74 Å². The predicted molar refractivity (Wildman–Crippen MR) is 88.8 cm³/mol. The van der Waals surface area contributed by atoms with Crippen LogP contribution >= 0.6 is 0 Å². The molecule has 0 saturated heterocycles. The zero-order valence-corrected chi connectivity index (χ0v) is 13.7. The summed E-state index contributed by atoms with van der Waals surface area (Å²) in [6, 6.07) is 5.86. The van der Waals surface area contributed by atoms with Gasteiger partial charge in [-0.1, -0.05) is 0 Å². The van der Waals surface area contributed by atoms with Crippen LogP contribution in [0.3, 0.4) is 0 Å². The molecule has 5 heteroatoms. The molecule has 3 rings (SSSR count).